The van der Waals surface area contributed by atoms with Crippen molar-refractivity contribution in [3.05, 3.63) is 41.3 Å². The van der Waals surface area contributed by atoms with Crippen LogP contribution in [0.4, 0.5) is 5.82 Å². The molecule has 2 heterocycles. The van der Waals surface area contributed by atoms with Crippen LogP contribution in [0.1, 0.15) is 35.7 Å². The summed E-state index contributed by atoms with van der Waals surface area (Å²) >= 11 is 0. The summed E-state index contributed by atoms with van der Waals surface area (Å²) in [5.41, 5.74) is 1.38. The van der Waals surface area contributed by atoms with Crippen LogP contribution in [-0.2, 0) is 6.54 Å². The third kappa shape index (κ3) is 3.73. The third-order valence-electron chi connectivity index (χ3n) is 3.40. The van der Waals surface area contributed by atoms with Crippen LogP contribution in [0, 0.1) is 6.92 Å². The van der Waals surface area contributed by atoms with Gasteiger partial charge in [0.1, 0.15) is 17.3 Å². The number of aromatic nitrogens is 2. The predicted octanol–water partition coefficient (Wildman–Crippen LogP) is 2.26. The highest BCUT2D eigenvalue weighted by Gasteiger charge is 2.14. The van der Waals surface area contributed by atoms with Gasteiger partial charge in [0.15, 0.2) is 11.5 Å². The summed E-state index contributed by atoms with van der Waals surface area (Å²) in [6, 6.07) is 7.47. The van der Waals surface area contributed by atoms with Crippen LogP contribution in [0.2, 0.25) is 0 Å². The SMILES string of the molecule is Cc1nc(NCc2ccc3c(c2)OCO3)cc(C(=O)NC(C)C)n1. The summed E-state index contributed by atoms with van der Waals surface area (Å²) in [5.74, 6) is 2.43. The number of anilines is 1. The molecule has 0 unspecified atom stereocenters. The molecule has 7 nitrogen and oxygen atoms in total. The van der Waals surface area contributed by atoms with Gasteiger partial charge in [0, 0.05) is 18.7 Å². The molecular formula is C17H20N4O3. The lowest BCUT2D eigenvalue weighted by Crippen LogP contribution is -2.31. The highest BCUT2D eigenvalue weighted by atomic mass is 16.7. The van der Waals surface area contributed by atoms with Crippen molar-refractivity contribution in [3.63, 3.8) is 0 Å². The molecule has 1 aliphatic rings. The van der Waals surface area contributed by atoms with Gasteiger partial charge in [0.05, 0.1) is 0 Å². The molecule has 0 aliphatic carbocycles. The molecule has 1 aromatic carbocycles. The van der Waals surface area contributed by atoms with Gasteiger partial charge in [-0.05, 0) is 38.5 Å². The average Bonchev–Trinajstić information content (AvgIpc) is 2.99. The molecule has 0 atom stereocenters. The Morgan fingerprint density at radius 3 is 2.79 bits per heavy atom. The van der Waals surface area contributed by atoms with E-state index < -0.39 is 0 Å². The first kappa shape index (κ1) is 16.0. The Labute approximate surface area is 140 Å². The van der Waals surface area contributed by atoms with Crippen LogP contribution >= 0.6 is 0 Å². The van der Waals surface area contributed by atoms with Gasteiger partial charge < -0.3 is 20.1 Å². The average molecular weight is 328 g/mol. The van der Waals surface area contributed by atoms with Gasteiger partial charge in [0.25, 0.3) is 5.91 Å². The van der Waals surface area contributed by atoms with E-state index in [1.807, 2.05) is 32.0 Å². The second-order valence-electron chi connectivity index (χ2n) is 5.85. The van der Waals surface area contributed by atoms with Crippen molar-refractivity contribution in [1.82, 2.24) is 15.3 Å². The minimum atomic E-state index is -0.207. The number of carbonyl (C=O) groups excluding carboxylic acids is 1. The molecule has 7 heteroatoms. The van der Waals surface area contributed by atoms with Gasteiger partial charge in [0.2, 0.25) is 6.79 Å². The molecule has 1 amide bonds. The molecule has 1 aliphatic heterocycles. The van der Waals surface area contributed by atoms with E-state index in [2.05, 4.69) is 20.6 Å². The Bertz CT molecular complexity index is 761. The van der Waals surface area contributed by atoms with E-state index in [1.54, 1.807) is 13.0 Å². The fourth-order valence-corrected chi connectivity index (χ4v) is 2.35. The number of hydrogen-bond acceptors (Lipinski definition) is 6. The predicted molar refractivity (Wildman–Crippen MR) is 89.3 cm³/mol. The lowest BCUT2D eigenvalue weighted by molar-refractivity contribution is 0.0937. The Balaban J connectivity index is 1.71. The molecule has 0 radical (unpaired) electrons. The minimum Gasteiger partial charge on any atom is -0.454 e. The summed E-state index contributed by atoms with van der Waals surface area (Å²) in [5, 5.41) is 6.04. The van der Waals surface area contributed by atoms with Gasteiger partial charge >= 0.3 is 0 Å². The Kier molecular flexibility index (Phi) is 4.50. The summed E-state index contributed by atoms with van der Waals surface area (Å²) in [7, 11) is 0. The normalized spacial score (nSPS) is 12.3. The minimum absolute atomic E-state index is 0.0535. The smallest absolute Gasteiger partial charge is 0.270 e. The second-order valence-corrected chi connectivity index (χ2v) is 5.85. The molecule has 0 fully saturated rings. The number of aryl methyl sites for hydroxylation is 1. The zero-order valence-corrected chi connectivity index (χ0v) is 13.9. The maximum atomic E-state index is 12.1. The monoisotopic (exact) mass is 328 g/mol. The van der Waals surface area contributed by atoms with Crippen LogP contribution in [0.25, 0.3) is 0 Å². The maximum absolute atomic E-state index is 12.1. The lowest BCUT2D eigenvalue weighted by Gasteiger charge is -2.11. The summed E-state index contributed by atoms with van der Waals surface area (Å²) in [4.78, 5) is 20.6. The summed E-state index contributed by atoms with van der Waals surface area (Å²) in [6.07, 6.45) is 0. The number of benzene rings is 1. The molecule has 2 N–H and O–H groups in total. The van der Waals surface area contributed by atoms with E-state index in [0.717, 1.165) is 17.1 Å². The molecule has 126 valence electrons. The Morgan fingerprint density at radius 1 is 1.21 bits per heavy atom. The highest BCUT2D eigenvalue weighted by molar-refractivity contribution is 5.93. The standard InChI is InChI=1S/C17H20N4O3/c1-10(2)19-17(22)13-7-16(21-11(3)20-13)18-8-12-4-5-14-15(6-12)24-9-23-14/h4-7,10H,8-9H2,1-3H3,(H,19,22)(H,18,20,21). The van der Waals surface area contributed by atoms with E-state index in [0.29, 0.717) is 23.9 Å². The molecule has 2 aromatic rings. The zero-order valence-electron chi connectivity index (χ0n) is 13.9. The largest absolute Gasteiger partial charge is 0.454 e. The van der Waals surface area contributed by atoms with Gasteiger partial charge in [-0.2, -0.15) is 0 Å². The van der Waals surface area contributed by atoms with Gasteiger partial charge in [-0.3, -0.25) is 4.79 Å². The number of carbonyl (C=O) groups is 1. The maximum Gasteiger partial charge on any atom is 0.270 e. The second kappa shape index (κ2) is 6.74. The van der Waals surface area contributed by atoms with Crippen molar-refractivity contribution >= 4 is 11.7 Å². The van der Waals surface area contributed by atoms with E-state index in [1.165, 1.54) is 0 Å². The van der Waals surface area contributed by atoms with E-state index in [4.69, 9.17) is 9.47 Å². The lowest BCUT2D eigenvalue weighted by atomic mass is 10.2. The first-order chi connectivity index (χ1) is 11.5. The summed E-state index contributed by atoms with van der Waals surface area (Å²) in [6.45, 7) is 6.39. The first-order valence-electron chi connectivity index (χ1n) is 7.80. The fraction of sp³-hybridized carbons (Fsp3) is 0.353. The number of nitrogens with one attached hydrogen (secondary N) is 2. The van der Waals surface area contributed by atoms with E-state index in [9.17, 15) is 4.79 Å². The van der Waals surface area contributed by atoms with Gasteiger partial charge in [-0.15, -0.1) is 0 Å². The number of ether oxygens (including phenoxy) is 2. The Hall–Kier alpha value is -2.83. The number of rotatable bonds is 5. The third-order valence-corrected chi connectivity index (χ3v) is 3.40. The topological polar surface area (TPSA) is 85.4 Å². The van der Waals surface area contributed by atoms with Crippen molar-refractivity contribution in [3.8, 4) is 11.5 Å². The van der Waals surface area contributed by atoms with E-state index >= 15 is 0 Å². The van der Waals surface area contributed by atoms with Crippen LogP contribution in [0.15, 0.2) is 24.3 Å². The molecule has 1 aromatic heterocycles. The van der Waals surface area contributed by atoms with Crippen molar-refractivity contribution in [2.45, 2.75) is 33.4 Å². The van der Waals surface area contributed by atoms with Crippen LogP contribution < -0.4 is 20.1 Å². The zero-order chi connectivity index (χ0) is 17.1. The van der Waals surface area contributed by atoms with Crippen molar-refractivity contribution in [2.75, 3.05) is 12.1 Å². The molecule has 0 spiro atoms. The fourth-order valence-electron chi connectivity index (χ4n) is 2.35. The quantitative estimate of drug-likeness (QED) is 0.876. The van der Waals surface area contributed by atoms with Crippen LogP contribution in [0.3, 0.4) is 0 Å². The van der Waals surface area contributed by atoms with Crippen molar-refractivity contribution < 1.29 is 14.3 Å². The number of amides is 1. The number of hydrogen-bond donors (Lipinski definition) is 2. The Morgan fingerprint density at radius 2 is 2.00 bits per heavy atom. The number of fused-ring (bicyclic) bond motifs is 1. The van der Waals surface area contributed by atoms with E-state index in [-0.39, 0.29) is 18.7 Å². The summed E-state index contributed by atoms with van der Waals surface area (Å²) < 4.78 is 10.7. The molecule has 0 saturated carbocycles. The van der Waals surface area contributed by atoms with Gasteiger partial charge in [-0.1, -0.05) is 6.07 Å². The highest BCUT2D eigenvalue weighted by Crippen LogP contribution is 2.32. The van der Waals surface area contributed by atoms with Crippen molar-refractivity contribution in [2.24, 2.45) is 0 Å². The van der Waals surface area contributed by atoms with Crippen LogP contribution in [-0.4, -0.2) is 28.7 Å². The molecule has 3 rings (SSSR count). The molecular weight excluding hydrogens is 308 g/mol. The number of nitrogens with zero attached hydrogens (tertiary/aromatic N) is 2. The molecule has 24 heavy (non-hydrogen) atoms. The van der Waals surface area contributed by atoms with Crippen molar-refractivity contribution in [1.29, 1.82) is 0 Å². The molecule has 0 bridgehead atoms. The van der Waals surface area contributed by atoms with Crippen LogP contribution in [0.5, 0.6) is 11.5 Å². The first-order valence-corrected chi connectivity index (χ1v) is 7.80. The van der Waals surface area contributed by atoms with Gasteiger partial charge in [-0.25, -0.2) is 9.97 Å². The molecule has 0 saturated heterocycles.